The number of alkyl carbamates (subject to hydrolysis) is 1. The van der Waals surface area contributed by atoms with Crippen LogP contribution in [0.5, 0.6) is 0 Å². The Balaban J connectivity index is 1.69. The molecule has 0 bridgehead atoms. The summed E-state index contributed by atoms with van der Waals surface area (Å²) in [6, 6.07) is 7.29. The van der Waals surface area contributed by atoms with Crippen molar-refractivity contribution in [3.63, 3.8) is 0 Å². The van der Waals surface area contributed by atoms with Crippen molar-refractivity contribution in [1.82, 2.24) is 20.2 Å². The number of unbranched alkanes of at least 4 members (excludes halogenated alkanes) is 1. The molecule has 0 aliphatic carbocycles. The zero-order valence-corrected chi connectivity index (χ0v) is 21.8. The van der Waals surface area contributed by atoms with Crippen molar-refractivity contribution in [2.75, 3.05) is 13.7 Å². The molecule has 1 unspecified atom stereocenters. The van der Waals surface area contributed by atoms with Crippen LogP contribution in [0.4, 0.5) is 4.79 Å². The van der Waals surface area contributed by atoms with Gasteiger partial charge in [-0.2, -0.15) is 0 Å². The maximum atomic E-state index is 12.9. The Labute approximate surface area is 208 Å². The first-order valence-corrected chi connectivity index (χ1v) is 12.1. The van der Waals surface area contributed by atoms with E-state index in [0.29, 0.717) is 18.9 Å². The molecule has 2 aromatic rings. The number of H-pyrrole nitrogens is 1. The fraction of sp³-hybridized carbons (Fsp3) is 0.560. The quantitative estimate of drug-likeness (QED) is 0.530. The molecule has 1 aliphatic heterocycles. The summed E-state index contributed by atoms with van der Waals surface area (Å²) in [6.45, 7) is 12.7. The molecular weight excluding hydrogens is 447 g/mol. The van der Waals surface area contributed by atoms with E-state index in [4.69, 9.17) is 9.31 Å². The monoisotopic (exact) mass is 484 g/mol. The van der Waals surface area contributed by atoms with Crippen LogP contribution in [0.1, 0.15) is 60.2 Å². The lowest BCUT2D eigenvalue weighted by Crippen LogP contribution is -2.47. The van der Waals surface area contributed by atoms with Crippen molar-refractivity contribution >= 4 is 24.6 Å². The maximum Gasteiger partial charge on any atom is 0.494 e. The SMILES string of the molecule is CCCCN(Cc1ncc(-c2ccc(B3OC(C)(C)C(C)(C)O3)cc2)[nH]1)C(=O)C(C)NC(=O)OC. The molecule has 0 radical (unpaired) electrons. The number of carbonyl (C=O) groups excluding carboxylic acids is 2. The number of ether oxygens (including phenoxy) is 1. The van der Waals surface area contributed by atoms with E-state index in [9.17, 15) is 9.59 Å². The number of aromatic amines is 1. The van der Waals surface area contributed by atoms with Crippen molar-refractivity contribution < 1.29 is 23.6 Å². The second-order valence-electron chi connectivity index (χ2n) is 9.92. The zero-order valence-electron chi connectivity index (χ0n) is 21.8. The minimum atomic E-state index is -0.698. The van der Waals surface area contributed by atoms with Gasteiger partial charge in [0.2, 0.25) is 5.91 Å². The van der Waals surface area contributed by atoms with Crippen LogP contribution < -0.4 is 10.8 Å². The van der Waals surface area contributed by atoms with Gasteiger partial charge in [0.1, 0.15) is 11.9 Å². The second-order valence-corrected chi connectivity index (χ2v) is 9.92. The lowest BCUT2D eigenvalue weighted by atomic mass is 9.79. The van der Waals surface area contributed by atoms with Gasteiger partial charge in [0, 0.05) is 6.54 Å². The first-order valence-electron chi connectivity index (χ1n) is 12.1. The third-order valence-corrected chi connectivity index (χ3v) is 6.70. The summed E-state index contributed by atoms with van der Waals surface area (Å²) in [4.78, 5) is 33.9. The number of aromatic nitrogens is 2. The average Bonchev–Trinajstić information content (AvgIpc) is 3.37. The molecule has 1 fully saturated rings. The Morgan fingerprint density at radius 3 is 2.37 bits per heavy atom. The number of rotatable bonds is 9. The van der Waals surface area contributed by atoms with Gasteiger partial charge in [-0.3, -0.25) is 4.79 Å². The molecule has 190 valence electrons. The highest BCUT2D eigenvalue weighted by Crippen LogP contribution is 2.36. The molecule has 2 heterocycles. The number of amides is 2. The summed E-state index contributed by atoms with van der Waals surface area (Å²) in [7, 11) is 0.860. The highest BCUT2D eigenvalue weighted by atomic mass is 16.7. The highest BCUT2D eigenvalue weighted by molar-refractivity contribution is 6.62. The van der Waals surface area contributed by atoms with Crippen molar-refractivity contribution in [1.29, 1.82) is 0 Å². The molecule has 9 nitrogen and oxygen atoms in total. The predicted octanol–water partition coefficient (Wildman–Crippen LogP) is 3.25. The number of hydrogen-bond donors (Lipinski definition) is 2. The summed E-state index contributed by atoms with van der Waals surface area (Å²) in [5.74, 6) is 0.485. The van der Waals surface area contributed by atoms with Crippen LogP contribution >= 0.6 is 0 Å². The topological polar surface area (TPSA) is 106 Å². The van der Waals surface area contributed by atoms with Crippen LogP contribution in [0.25, 0.3) is 11.3 Å². The zero-order chi connectivity index (χ0) is 25.8. The molecule has 3 rings (SSSR count). The fourth-order valence-corrected chi connectivity index (χ4v) is 3.76. The van der Waals surface area contributed by atoms with Crippen molar-refractivity contribution in [2.45, 2.75) is 78.2 Å². The first kappa shape index (κ1) is 26.8. The first-order chi connectivity index (χ1) is 16.5. The summed E-state index contributed by atoms with van der Waals surface area (Å²) in [6.07, 6.45) is 2.93. The van der Waals surface area contributed by atoms with Crippen molar-refractivity contribution in [2.24, 2.45) is 0 Å². The number of nitrogens with zero attached hydrogens (tertiary/aromatic N) is 2. The Morgan fingerprint density at radius 2 is 1.80 bits per heavy atom. The summed E-state index contributed by atoms with van der Waals surface area (Å²) < 4.78 is 16.9. The van der Waals surface area contributed by atoms with Crippen molar-refractivity contribution in [3.05, 3.63) is 36.3 Å². The number of hydrogen-bond acceptors (Lipinski definition) is 6. The Bertz CT molecular complexity index is 1010. The minimum Gasteiger partial charge on any atom is -0.453 e. The molecule has 0 saturated carbocycles. The van der Waals surface area contributed by atoms with Gasteiger partial charge in [0.25, 0.3) is 0 Å². The van der Waals surface area contributed by atoms with Crippen LogP contribution in [0.2, 0.25) is 0 Å². The summed E-state index contributed by atoms with van der Waals surface area (Å²) in [5.41, 5.74) is 2.00. The molecule has 1 saturated heterocycles. The van der Waals surface area contributed by atoms with E-state index in [1.165, 1.54) is 7.11 Å². The number of benzene rings is 1. The van der Waals surface area contributed by atoms with E-state index in [0.717, 1.165) is 29.6 Å². The van der Waals surface area contributed by atoms with Gasteiger partial charge in [-0.05, 0) is 52.1 Å². The smallest absolute Gasteiger partial charge is 0.453 e. The van der Waals surface area contributed by atoms with Gasteiger partial charge in [0.05, 0.1) is 36.7 Å². The molecular formula is C25H37BN4O5. The van der Waals surface area contributed by atoms with E-state index in [1.807, 2.05) is 52.0 Å². The van der Waals surface area contributed by atoms with E-state index in [-0.39, 0.29) is 17.1 Å². The third kappa shape index (κ3) is 6.24. The van der Waals surface area contributed by atoms with Gasteiger partial charge in [-0.25, -0.2) is 9.78 Å². The average molecular weight is 484 g/mol. The lowest BCUT2D eigenvalue weighted by Gasteiger charge is -2.32. The fourth-order valence-electron chi connectivity index (χ4n) is 3.76. The van der Waals surface area contributed by atoms with Gasteiger partial charge >= 0.3 is 13.2 Å². The van der Waals surface area contributed by atoms with E-state index < -0.39 is 19.3 Å². The van der Waals surface area contributed by atoms with Crippen molar-refractivity contribution in [3.8, 4) is 11.3 Å². The van der Waals surface area contributed by atoms with Crippen LogP contribution in [0.15, 0.2) is 30.5 Å². The molecule has 1 aliphatic rings. The van der Waals surface area contributed by atoms with Gasteiger partial charge in [-0.15, -0.1) is 0 Å². The van der Waals surface area contributed by atoms with E-state index in [2.05, 4.69) is 26.9 Å². The van der Waals surface area contributed by atoms with E-state index in [1.54, 1.807) is 18.0 Å². The molecule has 2 N–H and O–H groups in total. The van der Waals surface area contributed by atoms with Gasteiger partial charge in [0.15, 0.2) is 0 Å². The van der Waals surface area contributed by atoms with Gasteiger partial charge in [-0.1, -0.05) is 37.6 Å². The van der Waals surface area contributed by atoms with Crippen LogP contribution in [0.3, 0.4) is 0 Å². The summed E-state index contributed by atoms with van der Waals surface area (Å²) in [5, 5.41) is 2.54. The molecule has 1 aromatic heterocycles. The van der Waals surface area contributed by atoms with Gasteiger partial charge < -0.3 is 29.2 Å². The summed E-state index contributed by atoms with van der Waals surface area (Å²) >= 11 is 0. The van der Waals surface area contributed by atoms with E-state index >= 15 is 0 Å². The number of methoxy groups -OCH3 is 1. The standard InChI is InChI=1S/C25H37BN4O5/c1-8-9-14-30(22(31)17(2)28-23(32)33-7)16-21-27-15-20(29-21)18-10-12-19(13-11-18)26-34-24(3,4)25(5,6)35-26/h10-13,15,17H,8-9,14,16H2,1-7H3,(H,27,29)(H,28,32). The molecule has 1 aromatic carbocycles. The Hall–Kier alpha value is -2.85. The maximum absolute atomic E-state index is 12.9. The number of imidazole rings is 1. The molecule has 1 atom stereocenters. The van der Waals surface area contributed by atoms with Crippen LogP contribution in [-0.4, -0.2) is 64.9 Å². The predicted molar refractivity (Wildman–Crippen MR) is 135 cm³/mol. The second kappa shape index (κ2) is 10.8. The largest absolute Gasteiger partial charge is 0.494 e. The van der Waals surface area contributed by atoms with Crippen LogP contribution in [0, 0.1) is 0 Å². The normalized spacial score (nSPS) is 17.2. The molecule has 2 amide bonds. The lowest BCUT2D eigenvalue weighted by molar-refractivity contribution is -0.133. The van der Waals surface area contributed by atoms with Crippen LogP contribution in [-0.2, 0) is 25.4 Å². The molecule has 10 heteroatoms. The Morgan fingerprint density at radius 1 is 1.17 bits per heavy atom. The third-order valence-electron chi connectivity index (χ3n) is 6.70. The minimum absolute atomic E-state index is 0.187. The molecule has 0 spiro atoms. The number of nitrogens with one attached hydrogen (secondary N) is 2. The Kier molecular flexibility index (Phi) is 8.28. The highest BCUT2D eigenvalue weighted by Gasteiger charge is 2.51. The number of carbonyl (C=O) groups is 2. The molecule has 35 heavy (non-hydrogen) atoms.